The average molecular weight is 247 g/mol. The Morgan fingerprint density at radius 1 is 1.39 bits per heavy atom. The number of ether oxygens (including phenoxy) is 1. The van der Waals surface area contributed by atoms with E-state index >= 15 is 0 Å². The van der Waals surface area contributed by atoms with E-state index in [1.54, 1.807) is 7.11 Å². The minimum Gasteiger partial charge on any atom is -0.497 e. The Morgan fingerprint density at radius 2 is 2.17 bits per heavy atom. The summed E-state index contributed by atoms with van der Waals surface area (Å²) in [5.74, 6) is 1.90. The molecule has 0 heterocycles. The lowest BCUT2D eigenvalue weighted by atomic mass is 9.96. The first-order chi connectivity index (χ1) is 8.74. The number of aryl methyl sites for hydroxylation is 1. The van der Waals surface area contributed by atoms with Crippen molar-refractivity contribution in [3.8, 4) is 5.75 Å². The summed E-state index contributed by atoms with van der Waals surface area (Å²) < 4.78 is 5.28. The minimum absolute atomic E-state index is 0.517. The molecule has 1 aromatic carbocycles. The summed E-state index contributed by atoms with van der Waals surface area (Å²) in [5.41, 5.74) is 2.78. The van der Waals surface area contributed by atoms with Gasteiger partial charge in [0.1, 0.15) is 5.75 Å². The predicted molar refractivity (Wildman–Crippen MR) is 76.1 cm³/mol. The molecule has 1 aliphatic rings. The molecule has 2 heteroatoms. The Kier molecular flexibility index (Phi) is 4.65. The maximum Gasteiger partial charge on any atom is 0.119 e. The van der Waals surface area contributed by atoms with E-state index in [2.05, 4.69) is 37.4 Å². The molecule has 1 atom stereocenters. The molecule has 2 rings (SSSR count). The summed E-state index contributed by atoms with van der Waals surface area (Å²) in [6.45, 7) is 5.51. The molecule has 18 heavy (non-hydrogen) atoms. The van der Waals surface area contributed by atoms with Gasteiger partial charge in [0, 0.05) is 6.04 Å². The highest BCUT2D eigenvalue weighted by atomic mass is 16.5. The highest BCUT2D eigenvalue weighted by molar-refractivity contribution is 5.36. The number of hydrogen-bond donors (Lipinski definition) is 1. The first-order valence-electron chi connectivity index (χ1n) is 7.12. The van der Waals surface area contributed by atoms with Gasteiger partial charge in [0.05, 0.1) is 7.11 Å². The van der Waals surface area contributed by atoms with Crippen LogP contribution in [0.4, 0.5) is 0 Å². The van der Waals surface area contributed by atoms with Gasteiger partial charge in [0.25, 0.3) is 0 Å². The van der Waals surface area contributed by atoms with Crippen molar-refractivity contribution in [2.45, 2.75) is 45.6 Å². The van der Waals surface area contributed by atoms with Gasteiger partial charge < -0.3 is 10.1 Å². The summed E-state index contributed by atoms with van der Waals surface area (Å²) in [7, 11) is 1.73. The SMILES string of the molecule is CCCNC(CC1CC1)c1ccc(OC)cc1C. The molecule has 1 N–H and O–H groups in total. The van der Waals surface area contributed by atoms with Crippen LogP contribution < -0.4 is 10.1 Å². The van der Waals surface area contributed by atoms with Crippen molar-refractivity contribution in [1.29, 1.82) is 0 Å². The van der Waals surface area contributed by atoms with E-state index < -0.39 is 0 Å². The quantitative estimate of drug-likeness (QED) is 0.790. The number of methoxy groups -OCH3 is 1. The van der Waals surface area contributed by atoms with E-state index in [-0.39, 0.29) is 0 Å². The summed E-state index contributed by atoms with van der Waals surface area (Å²) in [4.78, 5) is 0. The lowest BCUT2D eigenvalue weighted by molar-refractivity contribution is 0.413. The summed E-state index contributed by atoms with van der Waals surface area (Å²) in [5, 5.41) is 3.69. The smallest absolute Gasteiger partial charge is 0.119 e. The highest BCUT2D eigenvalue weighted by Crippen LogP contribution is 2.38. The van der Waals surface area contributed by atoms with Crippen molar-refractivity contribution in [1.82, 2.24) is 5.32 Å². The third kappa shape index (κ3) is 3.49. The molecule has 2 nitrogen and oxygen atoms in total. The Morgan fingerprint density at radius 3 is 2.72 bits per heavy atom. The second kappa shape index (κ2) is 6.24. The van der Waals surface area contributed by atoms with Crippen molar-refractivity contribution in [2.75, 3.05) is 13.7 Å². The molecule has 0 saturated heterocycles. The molecule has 1 unspecified atom stereocenters. The van der Waals surface area contributed by atoms with Crippen molar-refractivity contribution < 1.29 is 4.74 Å². The summed E-state index contributed by atoms with van der Waals surface area (Å²) in [6.07, 6.45) is 5.31. The zero-order valence-electron chi connectivity index (χ0n) is 11.8. The Bertz CT molecular complexity index is 385. The molecular weight excluding hydrogens is 222 g/mol. The zero-order chi connectivity index (χ0) is 13.0. The lowest BCUT2D eigenvalue weighted by Gasteiger charge is -2.21. The van der Waals surface area contributed by atoms with Gasteiger partial charge in [-0.25, -0.2) is 0 Å². The van der Waals surface area contributed by atoms with Crippen molar-refractivity contribution in [3.05, 3.63) is 29.3 Å². The van der Waals surface area contributed by atoms with Crippen LogP contribution in [0.5, 0.6) is 5.75 Å². The Hall–Kier alpha value is -1.02. The van der Waals surface area contributed by atoms with E-state index in [1.807, 2.05) is 0 Å². The van der Waals surface area contributed by atoms with Gasteiger partial charge in [-0.2, -0.15) is 0 Å². The van der Waals surface area contributed by atoms with E-state index in [4.69, 9.17) is 4.74 Å². The lowest BCUT2D eigenvalue weighted by Crippen LogP contribution is -2.23. The monoisotopic (exact) mass is 247 g/mol. The van der Waals surface area contributed by atoms with E-state index in [1.165, 1.54) is 36.8 Å². The van der Waals surface area contributed by atoms with Crippen LogP contribution in [0.15, 0.2) is 18.2 Å². The molecule has 0 amide bonds. The van der Waals surface area contributed by atoms with Crippen LogP contribution in [0, 0.1) is 12.8 Å². The first-order valence-corrected chi connectivity index (χ1v) is 7.12. The van der Waals surface area contributed by atoms with Crippen LogP contribution in [0.3, 0.4) is 0 Å². The van der Waals surface area contributed by atoms with Crippen LogP contribution in [0.1, 0.15) is 49.8 Å². The van der Waals surface area contributed by atoms with Crippen LogP contribution in [-0.2, 0) is 0 Å². The molecule has 1 saturated carbocycles. The number of benzene rings is 1. The second-order valence-electron chi connectivity index (χ2n) is 5.41. The molecule has 100 valence electrons. The summed E-state index contributed by atoms with van der Waals surface area (Å²) in [6, 6.07) is 6.96. The van der Waals surface area contributed by atoms with Gasteiger partial charge in [-0.15, -0.1) is 0 Å². The van der Waals surface area contributed by atoms with Gasteiger partial charge in [-0.1, -0.05) is 25.8 Å². The molecule has 0 bridgehead atoms. The fraction of sp³-hybridized carbons (Fsp3) is 0.625. The van der Waals surface area contributed by atoms with E-state index in [9.17, 15) is 0 Å². The van der Waals surface area contributed by atoms with E-state index in [0.29, 0.717) is 6.04 Å². The van der Waals surface area contributed by atoms with Crippen LogP contribution in [0.2, 0.25) is 0 Å². The summed E-state index contributed by atoms with van der Waals surface area (Å²) >= 11 is 0. The Balaban J connectivity index is 2.11. The molecular formula is C16H25NO. The van der Waals surface area contributed by atoms with Gasteiger partial charge in [0.15, 0.2) is 0 Å². The average Bonchev–Trinajstić information content (AvgIpc) is 3.18. The van der Waals surface area contributed by atoms with Gasteiger partial charge >= 0.3 is 0 Å². The predicted octanol–water partition coefficient (Wildman–Crippen LogP) is 3.84. The molecule has 0 spiro atoms. The third-order valence-electron chi connectivity index (χ3n) is 3.76. The maximum absolute atomic E-state index is 5.28. The molecule has 0 radical (unpaired) electrons. The first kappa shape index (κ1) is 13.4. The topological polar surface area (TPSA) is 21.3 Å². The van der Waals surface area contributed by atoms with Gasteiger partial charge in [-0.3, -0.25) is 0 Å². The number of rotatable bonds is 7. The zero-order valence-corrected chi connectivity index (χ0v) is 11.8. The van der Waals surface area contributed by atoms with Crippen molar-refractivity contribution in [3.63, 3.8) is 0 Å². The highest BCUT2D eigenvalue weighted by Gasteiger charge is 2.26. The van der Waals surface area contributed by atoms with Gasteiger partial charge in [0.2, 0.25) is 0 Å². The third-order valence-corrected chi connectivity index (χ3v) is 3.76. The largest absolute Gasteiger partial charge is 0.497 e. The minimum atomic E-state index is 0.517. The van der Waals surface area contributed by atoms with E-state index in [0.717, 1.165) is 18.2 Å². The number of hydrogen-bond acceptors (Lipinski definition) is 2. The van der Waals surface area contributed by atoms with Crippen molar-refractivity contribution >= 4 is 0 Å². The second-order valence-corrected chi connectivity index (χ2v) is 5.41. The normalized spacial score (nSPS) is 16.6. The molecule has 0 aliphatic heterocycles. The molecule has 1 fully saturated rings. The van der Waals surface area contributed by atoms with Gasteiger partial charge in [-0.05, 0) is 55.5 Å². The number of nitrogens with one attached hydrogen (secondary N) is 1. The molecule has 1 aromatic rings. The Labute approximate surface area is 111 Å². The fourth-order valence-corrected chi connectivity index (χ4v) is 2.49. The fourth-order valence-electron chi connectivity index (χ4n) is 2.49. The standard InChI is InChI=1S/C16H25NO/c1-4-9-17-16(11-13-5-6-13)15-8-7-14(18-3)10-12(15)2/h7-8,10,13,16-17H,4-6,9,11H2,1-3H3. The van der Waals surface area contributed by atoms with Crippen LogP contribution in [-0.4, -0.2) is 13.7 Å². The van der Waals surface area contributed by atoms with Crippen LogP contribution in [0.25, 0.3) is 0 Å². The van der Waals surface area contributed by atoms with Crippen molar-refractivity contribution in [2.24, 2.45) is 5.92 Å². The molecule has 0 aromatic heterocycles. The van der Waals surface area contributed by atoms with Crippen LogP contribution >= 0.6 is 0 Å². The molecule has 1 aliphatic carbocycles. The maximum atomic E-state index is 5.28.